The number of nitrogens with zero attached hydrogens (tertiary/aromatic N) is 3. The minimum atomic E-state index is 0.550. The average molecular weight is 256 g/mol. The lowest BCUT2D eigenvalue weighted by molar-refractivity contribution is 0.307. The summed E-state index contributed by atoms with van der Waals surface area (Å²) in [5, 5.41) is 10.8. The first kappa shape index (κ1) is 12.4. The van der Waals surface area contributed by atoms with Crippen molar-refractivity contribution in [1.29, 1.82) is 0 Å². The standard InChI is InChI=1S/C15H20N4/c1-11-6-7-19(10-13(11)8-16)15-14-5-3-2-4-12(14)9-17-18-15/h2-5,9,11,13H,6-8,10,16H2,1H3. The Bertz CT molecular complexity index is 564. The van der Waals surface area contributed by atoms with E-state index >= 15 is 0 Å². The van der Waals surface area contributed by atoms with E-state index in [0.29, 0.717) is 11.8 Å². The number of piperidine rings is 1. The van der Waals surface area contributed by atoms with Crippen molar-refractivity contribution < 1.29 is 0 Å². The van der Waals surface area contributed by atoms with Gasteiger partial charge in [-0.1, -0.05) is 31.2 Å². The molecule has 3 rings (SSSR count). The Morgan fingerprint density at radius 2 is 2.21 bits per heavy atom. The van der Waals surface area contributed by atoms with Crippen LogP contribution < -0.4 is 10.6 Å². The minimum absolute atomic E-state index is 0.550. The van der Waals surface area contributed by atoms with Crippen molar-refractivity contribution in [3.63, 3.8) is 0 Å². The second-order valence-electron chi connectivity index (χ2n) is 5.46. The fourth-order valence-corrected chi connectivity index (χ4v) is 2.90. The molecule has 1 aromatic heterocycles. The van der Waals surface area contributed by atoms with E-state index in [-0.39, 0.29) is 0 Å². The molecule has 0 aliphatic carbocycles. The summed E-state index contributed by atoms with van der Waals surface area (Å²) in [6.45, 7) is 5.07. The summed E-state index contributed by atoms with van der Waals surface area (Å²) < 4.78 is 0. The van der Waals surface area contributed by atoms with Crippen molar-refractivity contribution in [3.05, 3.63) is 30.5 Å². The molecule has 0 saturated carbocycles. The summed E-state index contributed by atoms with van der Waals surface area (Å²) in [6.07, 6.45) is 3.00. The van der Waals surface area contributed by atoms with Crippen LogP contribution in [0.4, 0.5) is 5.82 Å². The second kappa shape index (κ2) is 5.13. The lowest BCUT2D eigenvalue weighted by atomic mass is 9.87. The fourth-order valence-electron chi connectivity index (χ4n) is 2.90. The van der Waals surface area contributed by atoms with E-state index in [0.717, 1.165) is 30.8 Å². The summed E-state index contributed by atoms with van der Waals surface area (Å²) in [6, 6.07) is 8.30. The van der Waals surface area contributed by atoms with Crippen molar-refractivity contribution in [2.24, 2.45) is 17.6 Å². The number of anilines is 1. The molecule has 2 N–H and O–H groups in total. The Hall–Kier alpha value is -1.68. The fraction of sp³-hybridized carbons (Fsp3) is 0.467. The van der Waals surface area contributed by atoms with Crippen LogP contribution in [0.3, 0.4) is 0 Å². The SMILES string of the molecule is CC1CCN(c2nncc3ccccc23)CC1CN. The van der Waals surface area contributed by atoms with Crippen LogP contribution in [0.1, 0.15) is 13.3 Å². The lowest BCUT2D eigenvalue weighted by Gasteiger charge is -2.37. The second-order valence-corrected chi connectivity index (χ2v) is 5.46. The van der Waals surface area contributed by atoms with Gasteiger partial charge >= 0.3 is 0 Å². The molecule has 0 bridgehead atoms. The van der Waals surface area contributed by atoms with Crippen LogP contribution in [-0.2, 0) is 0 Å². The molecule has 100 valence electrons. The van der Waals surface area contributed by atoms with Gasteiger partial charge in [0.25, 0.3) is 0 Å². The smallest absolute Gasteiger partial charge is 0.159 e. The van der Waals surface area contributed by atoms with E-state index in [1.165, 1.54) is 11.8 Å². The number of hydrogen-bond acceptors (Lipinski definition) is 4. The van der Waals surface area contributed by atoms with Gasteiger partial charge in [0, 0.05) is 23.9 Å². The zero-order valence-electron chi connectivity index (χ0n) is 11.3. The summed E-state index contributed by atoms with van der Waals surface area (Å²) in [4.78, 5) is 2.34. The van der Waals surface area contributed by atoms with Gasteiger partial charge in [-0.25, -0.2) is 0 Å². The maximum absolute atomic E-state index is 5.88. The van der Waals surface area contributed by atoms with Crippen molar-refractivity contribution in [1.82, 2.24) is 10.2 Å². The van der Waals surface area contributed by atoms with E-state index in [4.69, 9.17) is 5.73 Å². The summed E-state index contributed by atoms with van der Waals surface area (Å²) >= 11 is 0. The number of benzene rings is 1. The van der Waals surface area contributed by atoms with Crippen molar-refractivity contribution in [2.45, 2.75) is 13.3 Å². The van der Waals surface area contributed by atoms with Crippen LogP contribution in [0.5, 0.6) is 0 Å². The van der Waals surface area contributed by atoms with Crippen LogP contribution in [0.25, 0.3) is 10.8 Å². The Kier molecular flexibility index (Phi) is 3.34. The highest BCUT2D eigenvalue weighted by molar-refractivity contribution is 5.91. The van der Waals surface area contributed by atoms with E-state index in [9.17, 15) is 0 Å². The van der Waals surface area contributed by atoms with Gasteiger partial charge in [-0.05, 0) is 24.8 Å². The highest BCUT2D eigenvalue weighted by Gasteiger charge is 2.26. The molecule has 1 aromatic carbocycles. The number of rotatable bonds is 2. The summed E-state index contributed by atoms with van der Waals surface area (Å²) in [5.74, 6) is 2.25. The molecule has 1 fully saturated rings. The molecule has 0 radical (unpaired) electrons. The van der Waals surface area contributed by atoms with Crippen LogP contribution in [0.15, 0.2) is 30.5 Å². The number of aromatic nitrogens is 2. The van der Waals surface area contributed by atoms with Gasteiger partial charge < -0.3 is 10.6 Å². The Morgan fingerprint density at radius 1 is 1.37 bits per heavy atom. The molecule has 4 heteroatoms. The molecule has 2 atom stereocenters. The monoisotopic (exact) mass is 256 g/mol. The normalized spacial score (nSPS) is 23.8. The predicted octanol–water partition coefficient (Wildman–Crippen LogP) is 2.05. The maximum atomic E-state index is 5.88. The lowest BCUT2D eigenvalue weighted by Crippen LogP contribution is -2.43. The first-order valence-corrected chi connectivity index (χ1v) is 6.95. The van der Waals surface area contributed by atoms with Crippen LogP contribution in [0.2, 0.25) is 0 Å². The predicted molar refractivity (Wildman–Crippen MR) is 78.1 cm³/mol. The Balaban J connectivity index is 1.96. The zero-order chi connectivity index (χ0) is 13.2. The van der Waals surface area contributed by atoms with Gasteiger partial charge in [0.15, 0.2) is 5.82 Å². The molecule has 0 spiro atoms. The molecule has 1 saturated heterocycles. The molecular formula is C15H20N4. The van der Waals surface area contributed by atoms with Crippen LogP contribution in [-0.4, -0.2) is 29.8 Å². The van der Waals surface area contributed by atoms with Crippen LogP contribution >= 0.6 is 0 Å². The molecule has 1 aliphatic rings. The minimum Gasteiger partial charge on any atom is -0.354 e. The van der Waals surface area contributed by atoms with Crippen LogP contribution in [0, 0.1) is 11.8 Å². The van der Waals surface area contributed by atoms with E-state index in [1.807, 2.05) is 12.3 Å². The van der Waals surface area contributed by atoms with Crippen molar-refractivity contribution in [3.8, 4) is 0 Å². The number of nitrogens with two attached hydrogens (primary N) is 1. The molecular weight excluding hydrogens is 236 g/mol. The third-order valence-corrected chi connectivity index (χ3v) is 4.27. The maximum Gasteiger partial charge on any atom is 0.159 e. The van der Waals surface area contributed by atoms with E-state index in [2.05, 4.69) is 40.2 Å². The molecule has 2 aromatic rings. The van der Waals surface area contributed by atoms with Gasteiger partial charge in [-0.2, -0.15) is 5.10 Å². The van der Waals surface area contributed by atoms with Gasteiger partial charge in [-0.3, -0.25) is 0 Å². The summed E-state index contributed by atoms with van der Waals surface area (Å²) in [5.41, 5.74) is 5.88. The van der Waals surface area contributed by atoms with Crippen molar-refractivity contribution in [2.75, 3.05) is 24.5 Å². The Labute approximate surface area is 113 Å². The zero-order valence-corrected chi connectivity index (χ0v) is 11.3. The quantitative estimate of drug-likeness (QED) is 0.893. The summed E-state index contributed by atoms with van der Waals surface area (Å²) in [7, 11) is 0. The topological polar surface area (TPSA) is 55.0 Å². The van der Waals surface area contributed by atoms with E-state index < -0.39 is 0 Å². The number of hydrogen-bond donors (Lipinski definition) is 1. The first-order valence-electron chi connectivity index (χ1n) is 6.95. The molecule has 1 aliphatic heterocycles. The van der Waals surface area contributed by atoms with Gasteiger partial charge in [0.1, 0.15) is 0 Å². The molecule has 2 unspecified atom stereocenters. The number of fused-ring (bicyclic) bond motifs is 1. The average Bonchev–Trinajstić information content (AvgIpc) is 2.47. The third kappa shape index (κ3) is 2.28. The van der Waals surface area contributed by atoms with Gasteiger partial charge in [0.05, 0.1) is 6.20 Å². The Morgan fingerprint density at radius 3 is 3.05 bits per heavy atom. The first-order chi connectivity index (χ1) is 9.29. The molecule has 0 amide bonds. The highest BCUT2D eigenvalue weighted by Crippen LogP contribution is 2.29. The molecule has 4 nitrogen and oxygen atoms in total. The molecule has 2 heterocycles. The van der Waals surface area contributed by atoms with Gasteiger partial charge in [0.2, 0.25) is 0 Å². The van der Waals surface area contributed by atoms with E-state index in [1.54, 1.807) is 0 Å². The molecule has 19 heavy (non-hydrogen) atoms. The van der Waals surface area contributed by atoms with Crippen molar-refractivity contribution >= 4 is 16.6 Å². The largest absolute Gasteiger partial charge is 0.354 e. The van der Waals surface area contributed by atoms with Gasteiger partial charge in [-0.15, -0.1) is 5.10 Å². The third-order valence-electron chi connectivity index (χ3n) is 4.27. The highest BCUT2D eigenvalue weighted by atomic mass is 15.3.